The lowest BCUT2D eigenvalue weighted by Crippen LogP contribution is -2.00. The lowest BCUT2D eigenvalue weighted by atomic mass is 10.2. The van der Waals surface area contributed by atoms with Crippen molar-refractivity contribution in [3.05, 3.63) is 41.6 Å². The molecule has 0 radical (unpaired) electrons. The number of nitriles is 1. The van der Waals surface area contributed by atoms with Crippen molar-refractivity contribution in [2.75, 3.05) is 19.5 Å². The number of nitrogens with zero attached hydrogens (tertiary/aromatic N) is 2. The van der Waals surface area contributed by atoms with Gasteiger partial charge in [0, 0.05) is 11.8 Å². The maximum absolute atomic E-state index is 9.13. The molecule has 1 aromatic heterocycles. The Hall–Kier alpha value is -2.74. The number of rotatable bonds is 4. The molecule has 20 heavy (non-hydrogen) atoms. The van der Waals surface area contributed by atoms with Gasteiger partial charge >= 0.3 is 0 Å². The Balaban J connectivity index is 2.43. The molecule has 0 unspecified atom stereocenters. The molecule has 102 valence electrons. The molecule has 0 aliphatic heterocycles. The molecule has 5 nitrogen and oxygen atoms in total. The monoisotopic (exact) mass is 269 g/mol. The van der Waals surface area contributed by atoms with E-state index in [0.717, 1.165) is 5.69 Å². The van der Waals surface area contributed by atoms with Gasteiger partial charge in [0.15, 0.2) is 0 Å². The molecule has 0 saturated heterocycles. The molecule has 0 bridgehead atoms. The minimum Gasteiger partial charge on any atom is -0.497 e. The molecule has 0 aliphatic carbocycles. The Morgan fingerprint density at radius 3 is 2.60 bits per heavy atom. The summed E-state index contributed by atoms with van der Waals surface area (Å²) in [5.74, 6) is 1.84. The fourth-order valence-electron chi connectivity index (χ4n) is 1.78. The van der Waals surface area contributed by atoms with Crippen LogP contribution in [0.3, 0.4) is 0 Å². The van der Waals surface area contributed by atoms with E-state index >= 15 is 0 Å². The zero-order valence-electron chi connectivity index (χ0n) is 11.6. The number of hydrogen-bond acceptors (Lipinski definition) is 5. The van der Waals surface area contributed by atoms with Gasteiger partial charge in [-0.15, -0.1) is 0 Å². The lowest BCUT2D eigenvalue weighted by molar-refractivity contribution is 0.405. The third-order valence-corrected chi connectivity index (χ3v) is 2.81. The Morgan fingerprint density at radius 2 is 1.95 bits per heavy atom. The largest absolute Gasteiger partial charge is 0.497 e. The molecule has 2 rings (SSSR count). The molecule has 2 aromatic rings. The van der Waals surface area contributed by atoms with Crippen molar-refractivity contribution in [1.29, 1.82) is 5.26 Å². The number of anilines is 2. The van der Waals surface area contributed by atoms with Gasteiger partial charge in [0.1, 0.15) is 23.4 Å². The highest BCUT2D eigenvalue weighted by Crippen LogP contribution is 2.31. The van der Waals surface area contributed by atoms with E-state index in [9.17, 15) is 0 Å². The Kier molecular flexibility index (Phi) is 4.06. The van der Waals surface area contributed by atoms with Gasteiger partial charge in [0.05, 0.1) is 25.5 Å². The van der Waals surface area contributed by atoms with Crippen LogP contribution < -0.4 is 14.8 Å². The van der Waals surface area contributed by atoms with Crippen molar-refractivity contribution in [2.24, 2.45) is 0 Å². The number of benzene rings is 1. The number of methoxy groups -OCH3 is 2. The van der Waals surface area contributed by atoms with E-state index in [1.807, 2.05) is 6.92 Å². The topological polar surface area (TPSA) is 67.2 Å². The highest BCUT2D eigenvalue weighted by Gasteiger charge is 2.09. The quantitative estimate of drug-likeness (QED) is 0.924. The van der Waals surface area contributed by atoms with E-state index < -0.39 is 0 Å². The van der Waals surface area contributed by atoms with Crippen LogP contribution >= 0.6 is 0 Å². The Morgan fingerprint density at radius 1 is 1.15 bits per heavy atom. The van der Waals surface area contributed by atoms with Crippen LogP contribution in [0, 0.1) is 18.3 Å². The molecule has 0 saturated carbocycles. The summed E-state index contributed by atoms with van der Waals surface area (Å²) in [6.45, 7) is 1.87. The summed E-state index contributed by atoms with van der Waals surface area (Å²) in [5.41, 5.74) is 2.00. The highest BCUT2D eigenvalue weighted by atomic mass is 16.5. The van der Waals surface area contributed by atoms with E-state index in [-0.39, 0.29) is 0 Å². The van der Waals surface area contributed by atoms with Crippen molar-refractivity contribution in [3.63, 3.8) is 0 Å². The van der Waals surface area contributed by atoms with Crippen LogP contribution in [0.2, 0.25) is 0 Å². The minimum absolute atomic E-state index is 0.473. The molecule has 1 N–H and O–H groups in total. The summed E-state index contributed by atoms with van der Waals surface area (Å²) in [4.78, 5) is 4.34. The molecule has 0 spiro atoms. The van der Waals surface area contributed by atoms with E-state index in [4.69, 9.17) is 14.7 Å². The summed E-state index contributed by atoms with van der Waals surface area (Å²) in [5, 5.41) is 12.2. The van der Waals surface area contributed by atoms with E-state index in [0.29, 0.717) is 28.6 Å². The van der Waals surface area contributed by atoms with Crippen LogP contribution in [-0.2, 0) is 0 Å². The van der Waals surface area contributed by atoms with Crippen LogP contribution in [0.25, 0.3) is 0 Å². The summed E-state index contributed by atoms with van der Waals surface area (Å²) >= 11 is 0. The average Bonchev–Trinajstić information content (AvgIpc) is 2.47. The van der Waals surface area contributed by atoms with Gasteiger partial charge in [0.2, 0.25) is 0 Å². The maximum Gasteiger partial charge on any atom is 0.148 e. The molecule has 0 aliphatic rings. The second kappa shape index (κ2) is 5.93. The SMILES string of the molecule is COc1ccc(OC)c(Nc2nc(C)ccc2C#N)c1. The summed E-state index contributed by atoms with van der Waals surface area (Å²) < 4.78 is 10.5. The number of nitrogens with one attached hydrogen (secondary N) is 1. The second-order valence-corrected chi connectivity index (χ2v) is 4.15. The van der Waals surface area contributed by atoms with Gasteiger partial charge in [0.25, 0.3) is 0 Å². The predicted octanol–water partition coefficient (Wildman–Crippen LogP) is 3.02. The number of aryl methyl sites for hydroxylation is 1. The third kappa shape index (κ3) is 2.81. The van der Waals surface area contributed by atoms with Gasteiger partial charge < -0.3 is 14.8 Å². The second-order valence-electron chi connectivity index (χ2n) is 4.15. The molecule has 0 atom stereocenters. The van der Waals surface area contributed by atoms with Gasteiger partial charge in [-0.1, -0.05) is 0 Å². The van der Waals surface area contributed by atoms with Crippen LogP contribution in [0.1, 0.15) is 11.3 Å². The fourth-order valence-corrected chi connectivity index (χ4v) is 1.78. The number of ether oxygens (including phenoxy) is 2. The number of pyridine rings is 1. The molecule has 0 amide bonds. The molecular formula is C15H15N3O2. The standard InChI is InChI=1S/C15H15N3O2/c1-10-4-5-11(9-16)15(17-10)18-13-8-12(19-2)6-7-14(13)20-3/h4-8H,1-3H3,(H,17,18). The van der Waals surface area contributed by atoms with Crippen molar-refractivity contribution in [3.8, 4) is 17.6 Å². The van der Waals surface area contributed by atoms with Crippen LogP contribution in [-0.4, -0.2) is 19.2 Å². The van der Waals surface area contributed by atoms with Gasteiger partial charge in [-0.05, 0) is 31.2 Å². The maximum atomic E-state index is 9.13. The van der Waals surface area contributed by atoms with Crippen LogP contribution in [0.4, 0.5) is 11.5 Å². The highest BCUT2D eigenvalue weighted by molar-refractivity contribution is 5.69. The molecular weight excluding hydrogens is 254 g/mol. The molecule has 0 fully saturated rings. The zero-order valence-corrected chi connectivity index (χ0v) is 11.6. The number of hydrogen-bond donors (Lipinski definition) is 1. The lowest BCUT2D eigenvalue weighted by Gasteiger charge is -2.13. The first-order valence-electron chi connectivity index (χ1n) is 6.04. The van der Waals surface area contributed by atoms with Crippen molar-refractivity contribution in [2.45, 2.75) is 6.92 Å². The Bertz CT molecular complexity index is 663. The minimum atomic E-state index is 0.473. The van der Waals surface area contributed by atoms with E-state index in [1.165, 1.54) is 0 Å². The first-order valence-corrected chi connectivity index (χ1v) is 6.04. The molecule has 5 heteroatoms. The fraction of sp³-hybridized carbons (Fsp3) is 0.200. The van der Waals surface area contributed by atoms with Gasteiger partial charge in [-0.25, -0.2) is 4.98 Å². The smallest absolute Gasteiger partial charge is 0.148 e. The first-order chi connectivity index (χ1) is 9.67. The number of aromatic nitrogens is 1. The van der Waals surface area contributed by atoms with Crippen molar-refractivity contribution in [1.82, 2.24) is 4.98 Å². The normalized spacial score (nSPS) is 9.70. The molecule has 1 heterocycles. The summed E-state index contributed by atoms with van der Waals surface area (Å²) in [7, 11) is 3.18. The third-order valence-electron chi connectivity index (χ3n) is 2.81. The van der Waals surface area contributed by atoms with E-state index in [1.54, 1.807) is 44.6 Å². The Labute approximate surface area is 117 Å². The predicted molar refractivity (Wildman–Crippen MR) is 76.5 cm³/mol. The molecule has 1 aromatic carbocycles. The van der Waals surface area contributed by atoms with Crippen LogP contribution in [0.5, 0.6) is 11.5 Å². The summed E-state index contributed by atoms with van der Waals surface area (Å²) in [6.07, 6.45) is 0. The zero-order chi connectivity index (χ0) is 14.5. The summed E-state index contributed by atoms with van der Waals surface area (Å²) in [6, 6.07) is 11.0. The van der Waals surface area contributed by atoms with Crippen molar-refractivity contribution < 1.29 is 9.47 Å². The van der Waals surface area contributed by atoms with Crippen molar-refractivity contribution >= 4 is 11.5 Å². The van der Waals surface area contributed by atoms with Gasteiger partial charge in [-0.3, -0.25) is 0 Å². The average molecular weight is 269 g/mol. The first kappa shape index (κ1) is 13.7. The van der Waals surface area contributed by atoms with Crippen LogP contribution in [0.15, 0.2) is 30.3 Å². The van der Waals surface area contributed by atoms with E-state index in [2.05, 4.69) is 16.4 Å². The van der Waals surface area contributed by atoms with Gasteiger partial charge in [-0.2, -0.15) is 5.26 Å².